The number of benzene rings is 1. The Morgan fingerprint density at radius 2 is 1.81 bits per heavy atom. The smallest absolute Gasteiger partial charge is 0.365 e. The largest absolute Gasteiger partial charge is 0.417 e. The molecule has 0 aliphatic heterocycles. The number of nitrogens with one attached hydrogen (secondary N) is 2. The van der Waals surface area contributed by atoms with Gasteiger partial charge in [-0.2, -0.15) is 23.4 Å². The molecule has 2 atom stereocenters. The first-order valence-corrected chi connectivity index (χ1v) is 9.59. The van der Waals surface area contributed by atoms with Crippen LogP contribution in [0.25, 0.3) is 5.69 Å². The van der Waals surface area contributed by atoms with Gasteiger partial charge in [-0.1, -0.05) is 6.07 Å². The molecule has 11 heteroatoms. The number of aromatic nitrogens is 4. The van der Waals surface area contributed by atoms with Gasteiger partial charge in [-0.05, 0) is 43.5 Å². The van der Waals surface area contributed by atoms with Crippen molar-refractivity contribution in [3.05, 3.63) is 65.9 Å². The molecule has 1 saturated carbocycles. The first kappa shape index (κ1) is 20.8. The molecular formula is C20H18F4N6O. The van der Waals surface area contributed by atoms with E-state index in [0.29, 0.717) is 12.8 Å². The fraction of sp³-hybridized carbons (Fsp3) is 0.300. The van der Waals surface area contributed by atoms with Crippen LogP contribution in [0.2, 0.25) is 0 Å². The standard InChI is InChI=1S/C20H18F4N6O/c21-14-4-1-3-13(18(14)30-26-9-10-27-30)19(31)29-16-6-2-5-15(16)28-17-8-7-12(11-25-17)20(22,23)24/h1,3-4,7-11,15-16H,2,5-6H2,(H,25,28)(H,29,31)/t15-,16?/m0/s1. The van der Waals surface area contributed by atoms with Crippen molar-refractivity contribution in [3.63, 3.8) is 0 Å². The Balaban J connectivity index is 1.48. The number of alkyl halides is 3. The lowest BCUT2D eigenvalue weighted by Gasteiger charge is -2.23. The molecule has 2 N–H and O–H groups in total. The average molecular weight is 434 g/mol. The molecule has 1 unspecified atom stereocenters. The van der Waals surface area contributed by atoms with Gasteiger partial charge in [-0.15, -0.1) is 4.80 Å². The van der Waals surface area contributed by atoms with Gasteiger partial charge in [-0.3, -0.25) is 4.79 Å². The zero-order valence-corrected chi connectivity index (χ0v) is 16.1. The number of hydrogen-bond donors (Lipinski definition) is 2. The SMILES string of the molecule is O=C(NC1CCC[C@@H]1Nc1ccc(C(F)(F)F)cn1)c1cccc(F)c1-n1nccn1. The number of rotatable bonds is 5. The van der Waals surface area contributed by atoms with Crippen LogP contribution in [0.3, 0.4) is 0 Å². The Bertz CT molecular complexity index is 1050. The minimum atomic E-state index is -4.46. The van der Waals surface area contributed by atoms with Crippen LogP contribution < -0.4 is 10.6 Å². The predicted octanol–water partition coefficient (Wildman–Crippen LogP) is 3.58. The number of carbonyl (C=O) groups is 1. The van der Waals surface area contributed by atoms with E-state index in [4.69, 9.17) is 0 Å². The highest BCUT2D eigenvalue weighted by atomic mass is 19.4. The van der Waals surface area contributed by atoms with Crippen LogP contribution in [0.15, 0.2) is 48.9 Å². The monoisotopic (exact) mass is 434 g/mol. The van der Waals surface area contributed by atoms with Gasteiger partial charge < -0.3 is 10.6 Å². The van der Waals surface area contributed by atoms with Crippen LogP contribution in [0.4, 0.5) is 23.4 Å². The van der Waals surface area contributed by atoms with Gasteiger partial charge in [0.15, 0.2) is 5.82 Å². The normalized spacial score (nSPS) is 18.7. The van der Waals surface area contributed by atoms with Crippen molar-refractivity contribution >= 4 is 11.7 Å². The number of anilines is 1. The summed E-state index contributed by atoms with van der Waals surface area (Å²) in [6.45, 7) is 0. The summed E-state index contributed by atoms with van der Waals surface area (Å²) in [7, 11) is 0. The Morgan fingerprint density at radius 1 is 1.06 bits per heavy atom. The molecule has 4 rings (SSSR count). The van der Waals surface area contributed by atoms with Crippen molar-refractivity contribution in [2.24, 2.45) is 0 Å². The minimum absolute atomic E-state index is 0.0584. The first-order valence-electron chi connectivity index (χ1n) is 9.59. The molecule has 1 aliphatic carbocycles. The maximum atomic E-state index is 14.4. The number of nitrogens with zero attached hydrogens (tertiary/aromatic N) is 4. The molecule has 2 aromatic heterocycles. The fourth-order valence-corrected chi connectivity index (χ4v) is 3.62. The summed E-state index contributed by atoms with van der Waals surface area (Å²) in [5.41, 5.74) is -0.813. The lowest BCUT2D eigenvalue weighted by Crippen LogP contribution is -2.43. The summed E-state index contributed by atoms with van der Waals surface area (Å²) in [4.78, 5) is 17.8. The van der Waals surface area contributed by atoms with Crippen LogP contribution in [-0.2, 0) is 6.18 Å². The summed E-state index contributed by atoms with van der Waals surface area (Å²) in [5.74, 6) is -0.851. The lowest BCUT2D eigenvalue weighted by atomic mass is 10.1. The van der Waals surface area contributed by atoms with Gasteiger partial charge in [0.1, 0.15) is 11.5 Å². The summed E-state index contributed by atoms with van der Waals surface area (Å²) in [6, 6.07) is 5.79. The van der Waals surface area contributed by atoms with E-state index < -0.39 is 23.5 Å². The third-order valence-corrected chi connectivity index (χ3v) is 5.11. The van der Waals surface area contributed by atoms with E-state index in [0.717, 1.165) is 23.5 Å². The summed E-state index contributed by atoms with van der Waals surface area (Å²) < 4.78 is 52.5. The second-order valence-corrected chi connectivity index (χ2v) is 7.15. The van der Waals surface area contributed by atoms with Gasteiger partial charge >= 0.3 is 6.18 Å². The van der Waals surface area contributed by atoms with Crippen molar-refractivity contribution in [3.8, 4) is 5.69 Å². The Hall–Kier alpha value is -3.50. The molecule has 2 heterocycles. The molecule has 0 bridgehead atoms. The van der Waals surface area contributed by atoms with E-state index in [1.165, 1.54) is 36.7 Å². The topological polar surface area (TPSA) is 84.7 Å². The van der Waals surface area contributed by atoms with Gasteiger partial charge in [0.05, 0.1) is 23.5 Å². The second-order valence-electron chi connectivity index (χ2n) is 7.15. The molecular weight excluding hydrogens is 416 g/mol. The van der Waals surface area contributed by atoms with E-state index >= 15 is 0 Å². The molecule has 0 saturated heterocycles. The van der Waals surface area contributed by atoms with Crippen molar-refractivity contribution < 1.29 is 22.4 Å². The summed E-state index contributed by atoms with van der Waals surface area (Å²) in [5, 5.41) is 13.8. The van der Waals surface area contributed by atoms with E-state index in [9.17, 15) is 22.4 Å². The van der Waals surface area contributed by atoms with Crippen molar-refractivity contribution in [1.82, 2.24) is 25.3 Å². The zero-order chi connectivity index (χ0) is 22.0. The third kappa shape index (κ3) is 4.49. The van der Waals surface area contributed by atoms with Gasteiger partial charge in [0.25, 0.3) is 5.91 Å². The number of hydrogen-bond acceptors (Lipinski definition) is 5. The maximum absolute atomic E-state index is 14.4. The van der Waals surface area contributed by atoms with Crippen LogP contribution in [0.5, 0.6) is 0 Å². The van der Waals surface area contributed by atoms with Crippen molar-refractivity contribution in [1.29, 1.82) is 0 Å². The van der Waals surface area contributed by atoms with Crippen LogP contribution in [0.1, 0.15) is 35.2 Å². The summed E-state index contributed by atoms with van der Waals surface area (Å²) in [6.07, 6.45) is 1.23. The lowest BCUT2D eigenvalue weighted by molar-refractivity contribution is -0.137. The number of pyridine rings is 1. The zero-order valence-electron chi connectivity index (χ0n) is 16.1. The molecule has 1 aromatic carbocycles. The molecule has 0 radical (unpaired) electrons. The predicted molar refractivity (Wildman–Crippen MR) is 103 cm³/mol. The Kier molecular flexibility index (Phi) is 5.57. The maximum Gasteiger partial charge on any atom is 0.417 e. The van der Waals surface area contributed by atoms with Gasteiger partial charge in [-0.25, -0.2) is 9.37 Å². The highest BCUT2D eigenvalue weighted by molar-refractivity contribution is 5.98. The van der Waals surface area contributed by atoms with E-state index in [1.807, 2.05) is 0 Å². The molecule has 162 valence electrons. The van der Waals surface area contributed by atoms with E-state index in [1.54, 1.807) is 0 Å². The van der Waals surface area contributed by atoms with E-state index in [2.05, 4.69) is 25.8 Å². The quantitative estimate of drug-likeness (QED) is 0.600. The van der Waals surface area contributed by atoms with Gasteiger partial charge in [0.2, 0.25) is 0 Å². The summed E-state index contributed by atoms with van der Waals surface area (Å²) >= 11 is 0. The van der Waals surface area contributed by atoms with Gasteiger partial charge in [0, 0.05) is 18.3 Å². The molecule has 7 nitrogen and oxygen atoms in total. The third-order valence-electron chi connectivity index (χ3n) is 5.11. The molecule has 1 aliphatic rings. The number of halogens is 4. The number of amides is 1. The second kappa shape index (κ2) is 8.32. The Labute approximate surface area is 174 Å². The average Bonchev–Trinajstić information content (AvgIpc) is 3.40. The molecule has 0 spiro atoms. The highest BCUT2D eigenvalue weighted by Crippen LogP contribution is 2.30. The van der Waals surface area contributed by atoms with Crippen LogP contribution >= 0.6 is 0 Å². The first-order chi connectivity index (χ1) is 14.8. The minimum Gasteiger partial charge on any atom is -0.365 e. The highest BCUT2D eigenvalue weighted by Gasteiger charge is 2.32. The molecule has 1 fully saturated rings. The fourth-order valence-electron chi connectivity index (χ4n) is 3.62. The Morgan fingerprint density at radius 3 is 2.48 bits per heavy atom. The van der Waals surface area contributed by atoms with E-state index in [-0.39, 0.29) is 29.2 Å². The molecule has 3 aromatic rings. The van der Waals surface area contributed by atoms with Crippen molar-refractivity contribution in [2.45, 2.75) is 37.5 Å². The van der Waals surface area contributed by atoms with Crippen LogP contribution in [-0.4, -0.2) is 38.0 Å². The van der Waals surface area contributed by atoms with Crippen LogP contribution in [0, 0.1) is 5.82 Å². The molecule has 1 amide bonds. The number of para-hydroxylation sites is 1. The van der Waals surface area contributed by atoms with Crippen molar-refractivity contribution in [2.75, 3.05) is 5.32 Å². The molecule has 31 heavy (non-hydrogen) atoms. The number of carbonyl (C=O) groups excluding carboxylic acids is 1.